The second-order valence-electron chi connectivity index (χ2n) is 7.60. The van der Waals surface area contributed by atoms with Gasteiger partial charge in [-0.3, -0.25) is 9.69 Å². The van der Waals surface area contributed by atoms with Gasteiger partial charge in [0.2, 0.25) is 5.91 Å². The van der Waals surface area contributed by atoms with Crippen LogP contribution in [-0.4, -0.2) is 23.8 Å². The number of carbonyl (C=O) groups is 1. The Hall–Kier alpha value is -3.17. The lowest BCUT2D eigenvalue weighted by atomic mass is 9.77. The van der Waals surface area contributed by atoms with Crippen molar-refractivity contribution >= 4 is 23.2 Å². The molecule has 3 atom stereocenters. The summed E-state index contributed by atoms with van der Waals surface area (Å²) in [6, 6.07) is 14.1. The van der Waals surface area contributed by atoms with Crippen LogP contribution in [0.15, 0.2) is 70.6 Å². The van der Waals surface area contributed by atoms with Gasteiger partial charge in [0.25, 0.3) is 0 Å². The Morgan fingerprint density at radius 1 is 1.31 bits per heavy atom. The first kappa shape index (κ1) is 19.2. The molecular formula is C23H22N4OS. The van der Waals surface area contributed by atoms with Crippen molar-refractivity contribution in [3.05, 3.63) is 81.6 Å². The summed E-state index contributed by atoms with van der Waals surface area (Å²) >= 11 is 1.59. The number of nitriles is 1. The lowest BCUT2D eigenvalue weighted by Gasteiger charge is -2.40. The third-order valence-electron chi connectivity index (χ3n) is 5.73. The van der Waals surface area contributed by atoms with Crippen molar-refractivity contribution in [3.8, 4) is 6.07 Å². The first-order chi connectivity index (χ1) is 13.9. The highest BCUT2D eigenvalue weighted by Gasteiger charge is 2.48. The van der Waals surface area contributed by atoms with Gasteiger partial charge in [0.15, 0.2) is 5.96 Å². The summed E-state index contributed by atoms with van der Waals surface area (Å²) in [5.74, 6) is -0.133. The van der Waals surface area contributed by atoms with Crippen LogP contribution in [0.25, 0.3) is 0 Å². The molecule has 1 aromatic heterocycles. The molecule has 0 spiro atoms. The average molecular weight is 403 g/mol. The number of carbonyl (C=O) groups excluding carboxylic acids is 1. The predicted molar refractivity (Wildman–Crippen MR) is 115 cm³/mol. The molecule has 2 aromatic rings. The van der Waals surface area contributed by atoms with Crippen molar-refractivity contribution in [2.75, 3.05) is 7.05 Å². The minimum atomic E-state index is -0.787. The zero-order chi connectivity index (χ0) is 20.6. The molecule has 6 heteroatoms. The van der Waals surface area contributed by atoms with E-state index in [2.05, 4.69) is 23.6 Å². The van der Waals surface area contributed by atoms with Crippen LogP contribution in [0.3, 0.4) is 0 Å². The van der Waals surface area contributed by atoms with Gasteiger partial charge < -0.3 is 5.73 Å². The van der Waals surface area contributed by atoms with Crippen molar-refractivity contribution in [1.29, 1.82) is 5.26 Å². The summed E-state index contributed by atoms with van der Waals surface area (Å²) in [5, 5.41) is 11.3. The van der Waals surface area contributed by atoms with Crippen molar-refractivity contribution in [3.63, 3.8) is 0 Å². The van der Waals surface area contributed by atoms with Gasteiger partial charge in [-0.25, -0.2) is 4.99 Å². The Balaban J connectivity index is 1.77. The van der Waals surface area contributed by atoms with Crippen LogP contribution < -0.4 is 5.73 Å². The summed E-state index contributed by atoms with van der Waals surface area (Å²) in [6.07, 6.45) is 6.60. The number of nitrogens with two attached hydrogens (primary N) is 1. The smallest absolute Gasteiger partial charge is 0.239 e. The highest BCUT2D eigenvalue weighted by atomic mass is 32.1. The second-order valence-corrected chi connectivity index (χ2v) is 8.51. The Morgan fingerprint density at radius 3 is 2.79 bits per heavy atom. The van der Waals surface area contributed by atoms with E-state index in [0.29, 0.717) is 6.42 Å². The summed E-state index contributed by atoms with van der Waals surface area (Å²) in [7, 11) is 1.67. The Bertz CT molecular complexity index is 1080. The minimum Gasteiger partial charge on any atom is -0.369 e. The van der Waals surface area contributed by atoms with E-state index in [0.717, 1.165) is 21.6 Å². The number of amides is 1. The van der Waals surface area contributed by atoms with Crippen molar-refractivity contribution < 1.29 is 4.79 Å². The van der Waals surface area contributed by atoms with E-state index < -0.39 is 11.5 Å². The van der Waals surface area contributed by atoms with E-state index >= 15 is 0 Å². The summed E-state index contributed by atoms with van der Waals surface area (Å²) in [5.41, 5.74) is 8.15. The molecule has 0 fully saturated rings. The maximum absolute atomic E-state index is 13.2. The third-order valence-corrected chi connectivity index (χ3v) is 6.91. The molecule has 2 N–H and O–H groups in total. The molecule has 0 saturated heterocycles. The van der Waals surface area contributed by atoms with E-state index in [-0.39, 0.29) is 17.8 Å². The fourth-order valence-electron chi connectivity index (χ4n) is 4.04. The number of allylic oxidation sites excluding steroid dienone is 4. The van der Waals surface area contributed by atoms with Crippen molar-refractivity contribution in [2.45, 2.75) is 30.7 Å². The predicted octanol–water partition coefficient (Wildman–Crippen LogP) is 4.03. The first-order valence-electron chi connectivity index (χ1n) is 9.48. The SMILES string of the molecule is CN1C(=O)[C@@H](c2ccccc2)[C@@](C)(c2cc(C3C=CC=C(C#N)C3)cs2)N=C1N. The molecule has 1 amide bonds. The van der Waals surface area contributed by atoms with Gasteiger partial charge in [0.1, 0.15) is 5.54 Å². The van der Waals surface area contributed by atoms with Gasteiger partial charge >= 0.3 is 0 Å². The Morgan fingerprint density at radius 2 is 2.07 bits per heavy atom. The minimum absolute atomic E-state index is 0.0617. The number of rotatable bonds is 3. The Kier molecular flexibility index (Phi) is 4.85. The molecular weight excluding hydrogens is 380 g/mol. The average Bonchev–Trinajstić information content (AvgIpc) is 3.24. The lowest BCUT2D eigenvalue weighted by Crippen LogP contribution is -2.52. The van der Waals surface area contributed by atoms with Gasteiger partial charge in [-0.15, -0.1) is 11.3 Å². The fraction of sp³-hybridized carbons (Fsp3) is 0.261. The molecule has 1 aliphatic carbocycles. The van der Waals surface area contributed by atoms with E-state index in [9.17, 15) is 10.1 Å². The highest BCUT2D eigenvalue weighted by Crippen LogP contribution is 2.47. The van der Waals surface area contributed by atoms with E-state index in [1.54, 1.807) is 18.4 Å². The molecule has 0 radical (unpaired) electrons. The fourth-order valence-corrected chi connectivity index (χ4v) is 5.15. The maximum Gasteiger partial charge on any atom is 0.239 e. The van der Waals surface area contributed by atoms with Crippen molar-refractivity contribution in [1.82, 2.24) is 4.90 Å². The second kappa shape index (κ2) is 7.34. The standard InChI is InChI=1S/C23H22N4OS/c1-23(19-12-18(14-29-19)17-10-6-7-15(11-17)13-24)20(16-8-4-3-5-9-16)21(28)27(2)22(25)26-23/h3-10,12,14,17,20H,11H2,1-2H3,(H2,25,26)/t17?,20-,23-/m1/s1. The van der Waals surface area contributed by atoms with Gasteiger partial charge in [0, 0.05) is 23.4 Å². The quantitative estimate of drug-likeness (QED) is 0.841. The molecule has 1 aromatic carbocycles. The van der Waals surface area contributed by atoms with Crippen molar-refractivity contribution in [2.24, 2.45) is 10.7 Å². The first-order valence-corrected chi connectivity index (χ1v) is 10.4. The number of hydrogen-bond acceptors (Lipinski definition) is 5. The summed E-state index contributed by atoms with van der Waals surface area (Å²) < 4.78 is 0. The number of nitrogens with zero attached hydrogens (tertiary/aromatic N) is 3. The molecule has 2 aliphatic rings. The van der Waals surface area contributed by atoms with Crippen LogP contribution in [-0.2, 0) is 10.3 Å². The highest BCUT2D eigenvalue weighted by molar-refractivity contribution is 7.10. The summed E-state index contributed by atoms with van der Waals surface area (Å²) in [6.45, 7) is 1.98. The zero-order valence-corrected chi connectivity index (χ0v) is 17.2. The van der Waals surface area contributed by atoms with Crippen LogP contribution in [0.2, 0.25) is 0 Å². The number of benzene rings is 1. The largest absolute Gasteiger partial charge is 0.369 e. The molecule has 5 nitrogen and oxygen atoms in total. The number of aliphatic imine (C=N–C) groups is 1. The van der Waals surface area contributed by atoms with E-state index in [4.69, 9.17) is 10.7 Å². The summed E-state index contributed by atoms with van der Waals surface area (Å²) in [4.78, 5) is 20.4. The van der Waals surface area contributed by atoms with Crippen LogP contribution in [0.5, 0.6) is 0 Å². The van der Waals surface area contributed by atoms with Crippen LogP contribution >= 0.6 is 11.3 Å². The molecule has 0 bridgehead atoms. The van der Waals surface area contributed by atoms with Gasteiger partial charge in [0.05, 0.1) is 12.0 Å². The van der Waals surface area contributed by atoms with Gasteiger partial charge in [-0.05, 0) is 42.0 Å². The van der Waals surface area contributed by atoms with E-state index in [1.807, 2.05) is 49.4 Å². The lowest BCUT2D eigenvalue weighted by molar-refractivity contribution is -0.130. The Labute approximate surface area is 174 Å². The molecule has 29 heavy (non-hydrogen) atoms. The van der Waals surface area contributed by atoms with Gasteiger partial charge in [-0.2, -0.15) is 5.26 Å². The molecule has 0 saturated carbocycles. The topological polar surface area (TPSA) is 82.5 Å². The number of likely N-dealkylation sites (N-methyl/N-ethyl adjacent to an activating group) is 1. The normalized spacial score (nSPS) is 26.7. The number of thiophene rings is 1. The molecule has 4 rings (SSSR count). The number of guanidine groups is 1. The van der Waals surface area contributed by atoms with Crippen LogP contribution in [0.4, 0.5) is 0 Å². The van der Waals surface area contributed by atoms with E-state index in [1.165, 1.54) is 4.90 Å². The van der Waals surface area contributed by atoms with Crippen LogP contribution in [0, 0.1) is 11.3 Å². The third kappa shape index (κ3) is 3.28. The maximum atomic E-state index is 13.2. The molecule has 2 heterocycles. The zero-order valence-electron chi connectivity index (χ0n) is 16.4. The molecule has 1 unspecified atom stereocenters. The van der Waals surface area contributed by atoms with Crippen LogP contribution in [0.1, 0.15) is 41.2 Å². The molecule has 1 aliphatic heterocycles. The monoisotopic (exact) mass is 402 g/mol. The molecule has 146 valence electrons. The van der Waals surface area contributed by atoms with Gasteiger partial charge in [-0.1, -0.05) is 42.5 Å². The number of hydrogen-bond donors (Lipinski definition) is 1.